The maximum absolute atomic E-state index is 14.1. The summed E-state index contributed by atoms with van der Waals surface area (Å²) in [6.45, 7) is 5.77. The third-order valence-electron chi connectivity index (χ3n) is 7.14. The van der Waals surface area contributed by atoms with Gasteiger partial charge in [-0.25, -0.2) is 9.18 Å². The van der Waals surface area contributed by atoms with Crippen LogP contribution in [-0.2, 0) is 21.6 Å². The molecule has 0 radical (unpaired) electrons. The Hall–Kier alpha value is -3.95. The van der Waals surface area contributed by atoms with E-state index in [2.05, 4.69) is 19.2 Å². The van der Waals surface area contributed by atoms with Gasteiger partial charge in [-0.3, -0.25) is 19.9 Å². The summed E-state index contributed by atoms with van der Waals surface area (Å²) in [5, 5.41) is 11.6. The number of carbonyl (C=O) groups is 3. The van der Waals surface area contributed by atoms with Gasteiger partial charge < -0.3 is 19.9 Å². The number of carbonyl (C=O) groups excluding carboxylic acids is 3. The Morgan fingerprint density at radius 2 is 1.76 bits per heavy atom. The number of nitrogens with zero attached hydrogens (tertiary/aromatic N) is 3. The van der Waals surface area contributed by atoms with Crippen molar-refractivity contribution in [1.29, 1.82) is 5.41 Å². The van der Waals surface area contributed by atoms with Gasteiger partial charge >= 0.3 is 6.09 Å². The average molecular weight is 524 g/mol. The SMILES string of the molecule is COC(=O)N1CCN(C(=O)c2cccc(CN3C(=N)NC(CCC(C)C)(c4cccc(F)c4)C3=O)c2)CC1. The van der Waals surface area contributed by atoms with Crippen LogP contribution in [0, 0.1) is 17.1 Å². The van der Waals surface area contributed by atoms with E-state index in [0.29, 0.717) is 61.6 Å². The summed E-state index contributed by atoms with van der Waals surface area (Å²) < 4.78 is 18.9. The lowest BCUT2D eigenvalue weighted by atomic mass is 9.83. The molecule has 1 atom stereocenters. The van der Waals surface area contributed by atoms with Crippen LogP contribution in [0.1, 0.15) is 48.2 Å². The van der Waals surface area contributed by atoms with Crippen molar-refractivity contribution in [3.8, 4) is 0 Å². The lowest BCUT2D eigenvalue weighted by Crippen LogP contribution is -2.50. The number of piperazine rings is 1. The summed E-state index contributed by atoms with van der Waals surface area (Å²) in [7, 11) is 1.33. The van der Waals surface area contributed by atoms with Crippen LogP contribution in [0.25, 0.3) is 0 Å². The lowest BCUT2D eigenvalue weighted by Gasteiger charge is -2.34. The molecule has 2 aromatic carbocycles. The van der Waals surface area contributed by atoms with Crippen LogP contribution in [0.2, 0.25) is 0 Å². The van der Waals surface area contributed by atoms with E-state index in [1.165, 1.54) is 24.1 Å². The first kappa shape index (κ1) is 27.1. The Balaban J connectivity index is 1.52. The highest BCUT2D eigenvalue weighted by Gasteiger charge is 2.50. The number of amides is 3. The Bertz CT molecular complexity index is 1230. The van der Waals surface area contributed by atoms with Crippen molar-refractivity contribution in [3.63, 3.8) is 0 Å². The predicted molar refractivity (Wildman–Crippen MR) is 140 cm³/mol. The molecule has 0 saturated carbocycles. The van der Waals surface area contributed by atoms with Gasteiger partial charge in [0.2, 0.25) is 0 Å². The second-order valence-corrected chi connectivity index (χ2v) is 10.2. The van der Waals surface area contributed by atoms with E-state index in [0.717, 1.165) is 0 Å². The molecule has 2 aromatic rings. The number of rotatable bonds is 7. The quantitative estimate of drug-likeness (QED) is 0.578. The van der Waals surface area contributed by atoms with Crippen LogP contribution < -0.4 is 5.32 Å². The van der Waals surface area contributed by atoms with Crippen molar-refractivity contribution in [2.75, 3.05) is 33.3 Å². The number of guanidine groups is 1. The van der Waals surface area contributed by atoms with Crippen LogP contribution in [0.3, 0.4) is 0 Å². The number of hydrogen-bond acceptors (Lipinski definition) is 5. The van der Waals surface area contributed by atoms with E-state index >= 15 is 0 Å². The number of hydrogen-bond donors (Lipinski definition) is 2. The standard InChI is InChI=1S/C28H34FN5O4/c1-19(2)10-11-28(22-8-5-9-23(29)17-22)25(36)34(26(30)31-28)18-20-6-4-7-21(16-20)24(35)32-12-14-33(15-13-32)27(37)38-3/h4-9,16-17,19H,10-15,18H2,1-3H3,(H2,30,31). The van der Waals surface area contributed by atoms with Crippen LogP contribution in [-0.4, -0.2) is 71.9 Å². The smallest absolute Gasteiger partial charge is 0.409 e. The van der Waals surface area contributed by atoms with Gasteiger partial charge in [0.1, 0.15) is 11.4 Å². The van der Waals surface area contributed by atoms with Gasteiger partial charge in [-0.05, 0) is 54.2 Å². The first-order valence-corrected chi connectivity index (χ1v) is 12.8. The predicted octanol–water partition coefficient (Wildman–Crippen LogP) is 3.55. The molecule has 0 spiro atoms. The second-order valence-electron chi connectivity index (χ2n) is 10.2. The molecule has 0 aromatic heterocycles. The van der Waals surface area contributed by atoms with Crippen molar-refractivity contribution in [2.24, 2.45) is 5.92 Å². The van der Waals surface area contributed by atoms with E-state index in [1.807, 2.05) is 6.07 Å². The number of methoxy groups -OCH3 is 1. The second kappa shape index (κ2) is 11.2. The topological polar surface area (TPSA) is 106 Å². The Kier molecular flexibility index (Phi) is 7.99. The summed E-state index contributed by atoms with van der Waals surface area (Å²) in [6, 6.07) is 13.0. The third kappa shape index (κ3) is 5.49. The fourth-order valence-corrected chi connectivity index (χ4v) is 4.96. The molecule has 3 amide bonds. The number of halogens is 1. The van der Waals surface area contributed by atoms with Crippen LogP contribution in [0.4, 0.5) is 9.18 Å². The monoisotopic (exact) mass is 523 g/mol. The number of nitrogens with one attached hydrogen (secondary N) is 2. The Labute approximate surface area is 222 Å². The zero-order valence-electron chi connectivity index (χ0n) is 22.0. The van der Waals surface area contributed by atoms with Crippen molar-refractivity contribution in [2.45, 2.75) is 38.8 Å². The zero-order chi connectivity index (χ0) is 27.4. The minimum absolute atomic E-state index is 0.0568. The number of benzene rings is 2. The Morgan fingerprint density at radius 1 is 1.08 bits per heavy atom. The maximum Gasteiger partial charge on any atom is 0.409 e. The molecule has 4 rings (SSSR count). The van der Waals surface area contributed by atoms with Crippen molar-refractivity contribution < 1.29 is 23.5 Å². The molecule has 2 aliphatic rings. The van der Waals surface area contributed by atoms with Gasteiger partial charge in [0.25, 0.3) is 11.8 Å². The van der Waals surface area contributed by atoms with Crippen molar-refractivity contribution in [3.05, 3.63) is 71.0 Å². The molecule has 2 saturated heterocycles. The molecule has 202 valence electrons. The van der Waals surface area contributed by atoms with Crippen molar-refractivity contribution >= 4 is 23.9 Å². The van der Waals surface area contributed by atoms with Gasteiger partial charge in [0.15, 0.2) is 5.96 Å². The highest BCUT2D eigenvalue weighted by molar-refractivity contribution is 6.08. The molecule has 0 aliphatic carbocycles. The summed E-state index contributed by atoms with van der Waals surface area (Å²) in [6.07, 6.45) is 0.721. The van der Waals surface area contributed by atoms with Crippen LogP contribution >= 0.6 is 0 Å². The number of ether oxygens (including phenoxy) is 1. The minimum Gasteiger partial charge on any atom is -0.453 e. The highest BCUT2D eigenvalue weighted by atomic mass is 19.1. The van der Waals surface area contributed by atoms with E-state index in [-0.39, 0.29) is 24.3 Å². The van der Waals surface area contributed by atoms with Gasteiger partial charge in [0, 0.05) is 31.7 Å². The molecule has 38 heavy (non-hydrogen) atoms. The molecule has 2 heterocycles. The van der Waals surface area contributed by atoms with Crippen LogP contribution in [0.15, 0.2) is 48.5 Å². The maximum atomic E-state index is 14.1. The van der Waals surface area contributed by atoms with E-state index in [9.17, 15) is 18.8 Å². The van der Waals surface area contributed by atoms with Gasteiger partial charge in [-0.2, -0.15) is 0 Å². The first-order chi connectivity index (χ1) is 18.1. The average Bonchev–Trinajstić information content (AvgIpc) is 3.16. The molecular weight excluding hydrogens is 489 g/mol. The zero-order valence-corrected chi connectivity index (χ0v) is 22.0. The van der Waals surface area contributed by atoms with E-state index in [1.54, 1.807) is 40.1 Å². The molecule has 0 bridgehead atoms. The van der Waals surface area contributed by atoms with Gasteiger partial charge in [0.05, 0.1) is 13.7 Å². The molecule has 2 N–H and O–H groups in total. The minimum atomic E-state index is -1.23. The highest BCUT2D eigenvalue weighted by Crippen LogP contribution is 2.35. The Morgan fingerprint density at radius 3 is 2.42 bits per heavy atom. The first-order valence-electron chi connectivity index (χ1n) is 12.8. The summed E-state index contributed by atoms with van der Waals surface area (Å²) in [4.78, 5) is 43.3. The van der Waals surface area contributed by atoms with Crippen molar-refractivity contribution in [1.82, 2.24) is 20.0 Å². The summed E-state index contributed by atoms with van der Waals surface area (Å²) >= 11 is 0. The van der Waals surface area contributed by atoms with Gasteiger partial charge in [-0.1, -0.05) is 38.1 Å². The van der Waals surface area contributed by atoms with Gasteiger partial charge in [-0.15, -0.1) is 0 Å². The lowest BCUT2D eigenvalue weighted by molar-refractivity contribution is -0.132. The third-order valence-corrected chi connectivity index (χ3v) is 7.14. The summed E-state index contributed by atoms with van der Waals surface area (Å²) in [5.41, 5.74) is 0.431. The molecule has 2 fully saturated rings. The molecule has 1 unspecified atom stereocenters. The summed E-state index contributed by atoms with van der Waals surface area (Å²) in [5.74, 6) is -0.661. The fourth-order valence-electron chi connectivity index (χ4n) is 4.96. The fraction of sp³-hybridized carbons (Fsp3) is 0.429. The molecule has 10 heteroatoms. The molecule has 2 aliphatic heterocycles. The van der Waals surface area contributed by atoms with E-state index < -0.39 is 17.4 Å². The van der Waals surface area contributed by atoms with Crippen LogP contribution in [0.5, 0.6) is 0 Å². The normalized spacial score (nSPS) is 19.7. The largest absolute Gasteiger partial charge is 0.453 e. The molecule has 9 nitrogen and oxygen atoms in total. The molecular formula is C28H34FN5O4. The van der Waals surface area contributed by atoms with E-state index in [4.69, 9.17) is 10.1 Å².